The number of nitrogens with zero attached hydrogens (tertiary/aromatic N) is 1. The zero-order chi connectivity index (χ0) is 41.8. The van der Waals surface area contributed by atoms with Crippen molar-refractivity contribution in [2.24, 2.45) is 29.2 Å². The zero-order valence-electron chi connectivity index (χ0n) is 32.0. The summed E-state index contributed by atoms with van der Waals surface area (Å²) in [7, 11) is 0. The van der Waals surface area contributed by atoms with E-state index in [4.69, 9.17) is 22.1 Å². The van der Waals surface area contributed by atoms with Gasteiger partial charge in [-0.25, -0.2) is 10.7 Å². The minimum atomic E-state index is -1.09. The van der Waals surface area contributed by atoms with E-state index in [1.807, 2.05) is 0 Å². The highest BCUT2D eigenvalue weighted by atomic mass is 32.2. The van der Waals surface area contributed by atoms with Gasteiger partial charge in [-0.2, -0.15) is 0 Å². The number of amides is 8. The number of urea groups is 1. The van der Waals surface area contributed by atoms with Crippen LogP contribution in [-0.4, -0.2) is 101 Å². The number of carbonyl (C=O) groups excluding carboxylic acids is 9. The van der Waals surface area contributed by atoms with E-state index in [-0.39, 0.29) is 74.6 Å². The summed E-state index contributed by atoms with van der Waals surface area (Å²) in [4.78, 5) is 116. The molecule has 19 nitrogen and oxygen atoms in total. The van der Waals surface area contributed by atoms with Gasteiger partial charge in [-0.05, 0) is 49.3 Å². The summed E-state index contributed by atoms with van der Waals surface area (Å²) in [5.74, 6) is -0.0493. The van der Waals surface area contributed by atoms with Crippen molar-refractivity contribution in [1.29, 1.82) is 0 Å². The molecule has 10 N–H and O–H groups in total. The van der Waals surface area contributed by atoms with Gasteiger partial charge in [-0.3, -0.25) is 48.1 Å². The van der Waals surface area contributed by atoms with Crippen LogP contribution < -0.4 is 38.6 Å². The first-order chi connectivity index (χ1) is 26.5. The fraction of sp³-hybridized carbons (Fsp3) is 0.583. The quantitative estimate of drug-likeness (QED) is 0.0284. The van der Waals surface area contributed by atoms with Gasteiger partial charge in [-0.15, -0.1) is 11.8 Å². The predicted octanol–water partition coefficient (Wildman–Crippen LogP) is 0.134. The molecular formula is C36H54N8O11S. The maximum atomic E-state index is 13.6. The Kier molecular flexibility index (Phi) is 20.5. The van der Waals surface area contributed by atoms with Crippen LogP contribution in [0.5, 0.6) is 0 Å². The van der Waals surface area contributed by atoms with Crippen LogP contribution in [0.25, 0.3) is 0 Å². The van der Waals surface area contributed by atoms with Crippen LogP contribution in [0.2, 0.25) is 0 Å². The van der Waals surface area contributed by atoms with Crippen LogP contribution in [0.1, 0.15) is 77.7 Å². The number of carbonyl (C=O) groups is 9. The standard InChI is InChI=1S/C36H54N8O11S/c1-21(2)32(27(46)16-24(8-7-14-40-36(38)53)34(51)41-25-12-10-23(11-13-25)18-54-22(3)45)43-29(47)9-5-4-6-15-44-31(49)17-28(35(44)52)56-20-26(33(37)50)42-30(48)19-55-39/h10-13,21,24,26,28,32H,4-9,14-20,39H2,1-3H3,(H2,37,50)(H,41,51)(H,42,48)(H,43,47)(H3,38,40,53)/t24-,26?,28?,32+/m1/s1. The van der Waals surface area contributed by atoms with Gasteiger partial charge in [0.25, 0.3) is 0 Å². The van der Waals surface area contributed by atoms with Crippen LogP contribution in [0.15, 0.2) is 24.3 Å². The van der Waals surface area contributed by atoms with Gasteiger partial charge in [0, 0.05) is 56.6 Å². The lowest BCUT2D eigenvalue weighted by molar-refractivity contribution is -0.142. The Labute approximate surface area is 329 Å². The SMILES string of the molecule is CC(=O)OCc1ccc(NC(=O)[C@H](CCCNC(N)=O)CC(=O)[C@@H](NC(=O)CCCCCN2C(=O)CC(SCC(NC(=O)CON)C(N)=O)C2=O)C(C)C)cc1. The predicted molar refractivity (Wildman–Crippen MR) is 205 cm³/mol. The third kappa shape index (κ3) is 17.2. The van der Waals surface area contributed by atoms with Gasteiger partial charge >= 0.3 is 12.0 Å². The number of thioether (sulfide) groups is 1. The van der Waals surface area contributed by atoms with Gasteiger partial charge in [0.15, 0.2) is 5.78 Å². The van der Waals surface area contributed by atoms with Gasteiger partial charge in [-0.1, -0.05) is 32.4 Å². The number of Topliss-reactive ketones (excluding diaryl/α,β-unsaturated/α-hetero) is 1. The van der Waals surface area contributed by atoms with Crippen LogP contribution in [0.3, 0.4) is 0 Å². The van der Waals surface area contributed by atoms with Crippen molar-refractivity contribution in [2.45, 2.75) is 96.1 Å². The second-order valence-electron chi connectivity index (χ2n) is 13.6. The van der Waals surface area contributed by atoms with E-state index in [0.717, 1.165) is 22.2 Å². The highest BCUT2D eigenvalue weighted by Gasteiger charge is 2.39. The van der Waals surface area contributed by atoms with Crippen molar-refractivity contribution in [3.63, 3.8) is 0 Å². The van der Waals surface area contributed by atoms with Crippen molar-refractivity contribution in [3.8, 4) is 0 Å². The molecule has 2 unspecified atom stereocenters. The van der Waals surface area contributed by atoms with Gasteiger partial charge in [0.1, 0.15) is 19.3 Å². The molecule has 0 saturated carbocycles. The number of ketones is 1. The molecule has 2 rings (SSSR count). The average molecular weight is 807 g/mol. The molecule has 0 aliphatic carbocycles. The zero-order valence-corrected chi connectivity index (χ0v) is 32.8. The number of hydrogen-bond donors (Lipinski definition) is 7. The first kappa shape index (κ1) is 47.1. The number of likely N-dealkylation sites (tertiary alicyclic amines) is 1. The number of esters is 1. The lowest BCUT2D eigenvalue weighted by atomic mass is 9.89. The monoisotopic (exact) mass is 806 g/mol. The molecule has 1 aromatic carbocycles. The summed E-state index contributed by atoms with van der Waals surface area (Å²) in [5, 5.41) is 9.69. The summed E-state index contributed by atoms with van der Waals surface area (Å²) in [5.41, 5.74) is 11.7. The second kappa shape index (κ2) is 24.4. The number of nitrogens with two attached hydrogens (primary N) is 3. The van der Waals surface area contributed by atoms with Crippen LogP contribution in [0, 0.1) is 11.8 Å². The van der Waals surface area contributed by atoms with E-state index in [2.05, 4.69) is 26.1 Å². The molecule has 0 spiro atoms. The lowest BCUT2D eigenvalue weighted by Gasteiger charge is -2.24. The molecule has 1 aliphatic rings. The molecule has 1 fully saturated rings. The third-order valence-corrected chi connectivity index (χ3v) is 9.98. The number of imide groups is 1. The first-order valence-electron chi connectivity index (χ1n) is 18.3. The molecule has 310 valence electrons. The summed E-state index contributed by atoms with van der Waals surface area (Å²) >= 11 is 1.03. The number of anilines is 1. The fourth-order valence-electron chi connectivity index (χ4n) is 5.70. The number of hydrogen-bond acceptors (Lipinski definition) is 13. The van der Waals surface area contributed by atoms with Crippen molar-refractivity contribution in [3.05, 3.63) is 29.8 Å². The molecular weight excluding hydrogens is 753 g/mol. The topological polar surface area (TPSA) is 302 Å². The summed E-state index contributed by atoms with van der Waals surface area (Å²) < 4.78 is 4.98. The van der Waals surface area contributed by atoms with E-state index in [1.54, 1.807) is 38.1 Å². The van der Waals surface area contributed by atoms with Crippen molar-refractivity contribution in [1.82, 2.24) is 20.9 Å². The van der Waals surface area contributed by atoms with Crippen LogP contribution in [0.4, 0.5) is 10.5 Å². The summed E-state index contributed by atoms with van der Waals surface area (Å²) in [6.45, 7) is 4.80. The van der Waals surface area contributed by atoms with E-state index in [0.29, 0.717) is 31.4 Å². The Balaban J connectivity index is 1.89. The molecule has 1 heterocycles. The Morgan fingerprint density at radius 1 is 0.946 bits per heavy atom. The maximum absolute atomic E-state index is 13.6. The van der Waals surface area contributed by atoms with Crippen molar-refractivity contribution in [2.75, 3.05) is 30.8 Å². The van der Waals surface area contributed by atoms with Gasteiger partial charge in [0.2, 0.25) is 35.4 Å². The van der Waals surface area contributed by atoms with E-state index in [1.165, 1.54) is 6.92 Å². The Morgan fingerprint density at radius 3 is 2.25 bits per heavy atom. The number of benzene rings is 1. The lowest BCUT2D eigenvalue weighted by Crippen LogP contribution is -2.48. The van der Waals surface area contributed by atoms with Crippen LogP contribution in [-0.2, 0) is 54.5 Å². The van der Waals surface area contributed by atoms with Crippen molar-refractivity contribution >= 4 is 70.7 Å². The normalized spacial score (nSPS) is 15.4. The number of nitrogens with one attached hydrogen (secondary N) is 4. The molecule has 56 heavy (non-hydrogen) atoms. The molecule has 1 saturated heterocycles. The third-order valence-electron chi connectivity index (χ3n) is 8.69. The summed E-state index contributed by atoms with van der Waals surface area (Å²) in [6.07, 6.45) is 1.82. The smallest absolute Gasteiger partial charge is 0.312 e. The number of unbranched alkanes of at least 4 members (excludes halogenated alkanes) is 2. The van der Waals surface area contributed by atoms with E-state index < -0.39 is 65.5 Å². The molecule has 1 aliphatic heterocycles. The fourth-order valence-corrected chi connectivity index (χ4v) is 6.91. The largest absolute Gasteiger partial charge is 0.461 e. The molecule has 0 radical (unpaired) electrons. The van der Waals surface area contributed by atoms with Gasteiger partial charge in [0.05, 0.1) is 11.3 Å². The number of ether oxygens (including phenoxy) is 1. The Hall–Kier alpha value is -5.08. The second-order valence-corrected chi connectivity index (χ2v) is 14.8. The first-order valence-corrected chi connectivity index (χ1v) is 19.3. The number of primary amides is 2. The van der Waals surface area contributed by atoms with E-state index >= 15 is 0 Å². The molecule has 1 aromatic rings. The van der Waals surface area contributed by atoms with Crippen molar-refractivity contribution < 1.29 is 52.7 Å². The molecule has 4 atom stereocenters. The Morgan fingerprint density at radius 2 is 1.64 bits per heavy atom. The minimum Gasteiger partial charge on any atom is -0.461 e. The molecule has 20 heteroatoms. The van der Waals surface area contributed by atoms with Gasteiger partial charge < -0.3 is 37.5 Å². The average Bonchev–Trinajstić information content (AvgIpc) is 3.40. The number of rotatable bonds is 26. The highest BCUT2D eigenvalue weighted by Crippen LogP contribution is 2.26. The highest BCUT2D eigenvalue weighted by molar-refractivity contribution is 8.00. The minimum absolute atomic E-state index is 0.0316. The van der Waals surface area contributed by atoms with Crippen LogP contribution >= 0.6 is 11.8 Å². The maximum Gasteiger partial charge on any atom is 0.312 e. The molecule has 0 bridgehead atoms. The summed E-state index contributed by atoms with van der Waals surface area (Å²) in [6, 6.07) is 4.01. The molecule has 0 aromatic heterocycles. The Bertz CT molecular complexity index is 1560. The molecule has 8 amide bonds. The van der Waals surface area contributed by atoms with E-state index in [9.17, 15) is 43.2 Å².